The van der Waals surface area contributed by atoms with Gasteiger partial charge in [0.2, 0.25) is 0 Å². The third-order valence-corrected chi connectivity index (χ3v) is 7.04. The summed E-state index contributed by atoms with van der Waals surface area (Å²) >= 11 is 12.8. The molecule has 1 saturated heterocycles. The number of carbonyl (C=O) groups is 3. The highest BCUT2D eigenvalue weighted by Gasteiger charge is 2.39. The Morgan fingerprint density at radius 2 is 1.92 bits per heavy atom. The average Bonchev–Trinajstić information content (AvgIpc) is 3.06. The highest BCUT2D eigenvalue weighted by Crippen LogP contribution is 2.37. The van der Waals surface area contributed by atoms with E-state index in [1.807, 2.05) is 20.8 Å². The third kappa shape index (κ3) is 6.44. The van der Waals surface area contributed by atoms with Gasteiger partial charge in [-0.15, -0.1) is 0 Å². The molecule has 0 bridgehead atoms. The Balaban J connectivity index is 1.97. The van der Waals surface area contributed by atoms with Crippen LogP contribution in [0.3, 0.4) is 0 Å². The number of likely N-dealkylation sites (N-methyl/N-ethyl adjacent to an activating group) is 1. The molecule has 1 aromatic carbocycles. The lowest BCUT2D eigenvalue weighted by molar-refractivity contribution is -0.139. The summed E-state index contributed by atoms with van der Waals surface area (Å²) in [7, 11) is 0. The van der Waals surface area contributed by atoms with Crippen molar-refractivity contribution in [2.24, 2.45) is 0 Å². The molecule has 3 rings (SSSR count). The van der Waals surface area contributed by atoms with Gasteiger partial charge in [-0.1, -0.05) is 35.3 Å². The average molecular weight is 540 g/mol. The van der Waals surface area contributed by atoms with E-state index in [1.54, 1.807) is 34.9 Å². The van der Waals surface area contributed by atoms with Gasteiger partial charge in [0.05, 0.1) is 28.3 Å². The molecule has 4 amide bonds. The number of hydrogen-bond donors (Lipinski definition) is 2. The SMILES string of the molecule is CCOC(=O)C1=C(CN2CCCN(C(=O)NC(C)C)CC2)N(CC)C(=O)N[C@H]1c1cccc(Cl)c1Cl. The smallest absolute Gasteiger partial charge is 0.338 e. The molecule has 9 nitrogen and oxygen atoms in total. The minimum absolute atomic E-state index is 0.0586. The van der Waals surface area contributed by atoms with Gasteiger partial charge in [0, 0.05) is 51.0 Å². The van der Waals surface area contributed by atoms with Crippen LogP contribution in [0.5, 0.6) is 0 Å². The van der Waals surface area contributed by atoms with Crippen molar-refractivity contribution < 1.29 is 19.1 Å². The van der Waals surface area contributed by atoms with E-state index in [4.69, 9.17) is 27.9 Å². The number of hydrogen-bond acceptors (Lipinski definition) is 5. The van der Waals surface area contributed by atoms with Crippen molar-refractivity contribution >= 4 is 41.2 Å². The molecule has 36 heavy (non-hydrogen) atoms. The molecule has 0 unspecified atom stereocenters. The molecule has 0 spiro atoms. The van der Waals surface area contributed by atoms with E-state index in [0.29, 0.717) is 61.1 Å². The number of rotatable bonds is 7. The Labute approximate surface area is 222 Å². The standard InChI is InChI=1S/C25H35Cl2N5O4/c1-5-32-19(15-30-11-8-12-31(14-13-30)24(34)28-16(3)4)20(23(33)36-6-2)22(29-25(32)35)17-9-7-10-18(26)21(17)27/h7,9-10,16,22H,5-6,8,11-15H2,1-4H3,(H,28,34)(H,29,35)/t22-/m0/s1. The Bertz CT molecular complexity index is 1020. The topological polar surface area (TPSA) is 94.2 Å². The highest BCUT2D eigenvalue weighted by molar-refractivity contribution is 6.42. The van der Waals surface area contributed by atoms with Gasteiger partial charge in [-0.25, -0.2) is 14.4 Å². The number of esters is 1. The predicted molar refractivity (Wildman–Crippen MR) is 140 cm³/mol. The van der Waals surface area contributed by atoms with E-state index in [-0.39, 0.29) is 29.7 Å². The van der Waals surface area contributed by atoms with Crippen LogP contribution in [-0.2, 0) is 9.53 Å². The maximum absolute atomic E-state index is 13.3. The molecular weight excluding hydrogens is 505 g/mol. The second kappa shape index (κ2) is 12.7. The molecular formula is C25H35Cl2N5O4. The maximum Gasteiger partial charge on any atom is 0.338 e. The Hall–Kier alpha value is -2.49. The molecule has 2 aliphatic heterocycles. The fraction of sp³-hybridized carbons (Fsp3) is 0.560. The zero-order valence-corrected chi connectivity index (χ0v) is 22.8. The zero-order chi connectivity index (χ0) is 26.4. The summed E-state index contributed by atoms with van der Waals surface area (Å²) in [5, 5.41) is 6.47. The van der Waals surface area contributed by atoms with Gasteiger partial charge in [-0.05, 0) is 45.7 Å². The van der Waals surface area contributed by atoms with Crippen LogP contribution in [0, 0.1) is 0 Å². The molecule has 1 atom stereocenters. The van der Waals surface area contributed by atoms with E-state index in [2.05, 4.69) is 15.5 Å². The van der Waals surface area contributed by atoms with Gasteiger partial charge in [0.1, 0.15) is 0 Å². The van der Waals surface area contributed by atoms with E-state index in [9.17, 15) is 14.4 Å². The van der Waals surface area contributed by atoms with Crippen LogP contribution in [0.4, 0.5) is 9.59 Å². The maximum atomic E-state index is 13.3. The highest BCUT2D eigenvalue weighted by atomic mass is 35.5. The van der Waals surface area contributed by atoms with Crippen LogP contribution in [0.1, 0.15) is 45.7 Å². The molecule has 1 fully saturated rings. The van der Waals surface area contributed by atoms with Gasteiger partial charge in [-0.2, -0.15) is 0 Å². The van der Waals surface area contributed by atoms with Crippen molar-refractivity contribution in [2.75, 3.05) is 45.9 Å². The van der Waals surface area contributed by atoms with Crippen LogP contribution >= 0.6 is 23.2 Å². The van der Waals surface area contributed by atoms with Crippen molar-refractivity contribution in [2.45, 2.75) is 46.2 Å². The summed E-state index contributed by atoms with van der Waals surface area (Å²) in [6.07, 6.45) is 0.773. The van der Waals surface area contributed by atoms with Crippen molar-refractivity contribution in [3.05, 3.63) is 45.1 Å². The predicted octanol–water partition coefficient (Wildman–Crippen LogP) is 4.02. The molecule has 2 N–H and O–H groups in total. The summed E-state index contributed by atoms with van der Waals surface area (Å²) in [6, 6.07) is 3.98. The summed E-state index contributed by atoms with van der Waals surface area (Å²) in [5.74, 6) is -0.514. The fourth-order valence-corrected chi connectivity index (χ4v) is 4.93. The first-order chi connectivity index (χ1) is 17.2. The first-order valence-electron chi connectivity index (χ1n) is 12.4. The lowest BCUT2D eigenvalue weighted by Gasteiger charge is -2.38. The molecule has 0 saturated carbocycles. The van der Waals surface area contributed by atoms with Crippen molar-refractivity contribution in [1.29, 1.82) is 0 Å². The Morgan fingerprint density at radius 3 is 2.58 bits per heavy atom. The number of ether oxygens (including phenoxy) is 1. The number of halogens is 2. The molecule has 0 aliphatic carbocycles. The number of nitrogens with zero attached hydrogens (tertiary/aromatic N) is 3. The summed E-state index contributed by atoms with van der Waals surface area (Å²) in [5.41, 5.74) is 1.43. The van der Waals surface area contributed by atoms with Crippen LogP contribution in [0.15, 0.2) is 29.5 Å². The second-order valence-electron chi connectivity index (χ2n) is 9.07. The largest absolute Gasteiger partial charge is 0.463 e. The normalized spacial score (nSPS) is 19.3. The van der Waals surface area contributed by atoms with Crippen molar-refractivity contribution in [3.8, 4) is 0 Å². The summed E-state index contributed by atoms with van der Waals surface area (Å²) in [4.78, 5) is 44.5. The van der Waals surface area contributed by atoms with E-state index in [0.717, 1.165) is 6.42 Å². The Morgan fingerprint density at radius 1 is 1.17 bits per heavy atom. The minimum Gasteiger partial charge on any atom is -0.463 e. The molecule has 11 heteroatoms. The first kappa shape index (κ1) is 28.1. The van der Waals surface area contributed by atoms with Gasteiger partial charge >= 0.3 is 18.0 Å². The Kier molecular flexibility index (Phi) is 9.87. The summed E-state index contributed by atoms with van der Waals surface area (Å²) < 4.78 is 5.43. The van der Waals surface area contributed by atoms with Gasteiger partial charge < -0.3 is 20.3 Å². The molecule has 2 aliphatic rings. The lowest BCUT2D eigenvalue weighted by Crippen LogP contribution is -2.51. The lowest BCUT2D eigenvalue weighted by atomic mass is 9.94. The van der Waals surface area contributed by atoms with E-state index in [1.165, 1.54) is 0 Å². The minimum atomic E-state index is -0.805. The number of amides is 4. The zero-order valence-electron chi connectivity index (χ0n) is 21.3. The van der Waals surface area contributed by atoms with Crippen LogP contribution in [0.25, 0.3) is 0 Å². The number of urea groups is 2. The second-order valence-corrected chi connectivity index (χ2v) is 9.86. The fourth-order valence-electron chi connectivity index (χ4n) is 4.52. The monoisotopic (exact) mass is 539 g/mol. The first-order valence-corrected chi connectivity index (χ1v) is 13.1. The van der Waals surface area contributed by atoms with Crippen molar-refractivity contribution in [1.82, 2.24) is 25.3 Å². The van der Waals surface area contributed by atoms with Gasteiger partial charge in [0.15, 0.2) is 0 Å². The molecule has 2 heterocycles. The van der Waals surface area contributed by atoms with E-state index >= 15 is 0 Å². The van der Waals surface area contributed by atoms with Gasteiger partial charge in [-0.3, -0.25) is 9.80 Å². The third-order valence-electron chi connectivity index (χ3n) is 6.20. The van der Waals surface area contributed by atoms with Gasteiger partial charge in [0.25, 0.3) is 0 Å². The molecule has 1 aromatic rings. The number of nitrogens with one attached hydrogen (secondary N) is 2. The summed E-state index contributed by atoms with van der Waals surface area (Å²) in [6.45, 7) is 10.9. The van der Waals surface area contributed by atoms with Crippen molar-refractivity contribution in [3.63, 3.8) is 0 Å². The quantitative estimate of drug-likeness (QED) is 0.510. The van der Waals surface area contributed by atoms with Crippen LogP contribution in [0.2, 0.25) is 10.0 Å². The number of carbonyl (C=O) groups excluding carboxylic acids is 3. The molecule has 0 radical (unpaired) electrons. The van der Waals surface area contributed by atoms with Crippen LogP contribution < -0.4 is 10.6 Å². The molecule has 198 valence electrons. The van der Waals surface area contributed by atoms with Crippen LogP contribution in [-0.4, -0.2) is 84.6 Å². The molecule has 0 aromatic heterocycles. The number of benzene rings is 1. The van der Waals surface area contributed by atoms with E-state index < -0.39 is 12.0 Å².